The van der Waals surface area contributed by atoms with Crippen molar-refractivity contribution in [1.82, 2.24) is 4.90 Å². The van der Waals surface area contributed by atoms with E-state index in [9.17, 15) is 4.79 Å². The number of fused-ring (bicyclic) bond motifs is 1. The van der Waals surface area contributed by atoms with Crippen LogP contribution in [0.3, 0.4) is 0 Å². The van der Waals surface area contributed by atoms with E-state index >= 15 is 0 Å². The van der Waals surface area contributed by atoms with Gasteiger partial charge in [0.1, 0.15) is 0 Å². The third-order valence-corrected chi connectivity index (χ3v) is 4.47. The highest BCUT2D eigenvalue weighted by Gasteiger charge is 2.30. The van der Waals surface area contributed by atoms with Crippen LogP contribution in [-0.4, -0.2) is 43.8 Å². The van der Waals surface area contributed by atoms with Gasteiger partial charge >= 0.3 is 0 Å². The van der Waals surface area contributed by atoms with E-state index in [0.29, 0.717) is 33.0 Å². The second-order valence-corrected chi connectivity index (χ2v) is 6.00. The molecule has 1 aromatic rings. The van der Waals surface area contributed by atoms with Crippen LogP contribution in [0.1, 0.15) is 31.4 Å². The molecule has 0 saturated carbocycles. The summed E-state index contributed by atoms with van der Waals surface area (Å²) in [6.45, 7) is 7.83. The topological polar surface area (TPSA) is 48.0 Å². The minimum absolute atomic E-state index is 0.0330. The number of carbonyl (C=O) groups is 1. The monoisotopic (exact) mass is 319 g/mol. The van der Waals surface area contributed by atoms with Gasteiger partial charge in [0.15, 0.2) is 11.5 Å². The highest BCUT2D eigenvalue weighted by atomic mass is 16.5. The lowest BCUT2D eigenvalue weighted by Crippen LogP contribution is -2.40. The lowest BCUT2D eigenvalue weighted by Gasteiger charge is -2.31. The van der Waals surface area contributed by atoms with Crippen LogP contribution in [0.2, 0.25) is 0 Å². The van der Waals surface area contributed by atoms with Gasteiger partial charge in [-0.05, 0) is 49.9 Å². The van der Waals surface area contributed by atoms with Gasteiger partial charge in [0.05, 0.1) is 25.7 Å². The van der Waals surface area contributed by atoms with Gasteiger partial charge in [0, 0.05) is 19.7 Å². The van der Waals surface area contributed by atoms with Crippen LogP contribution in [0, 0.1) is 5.92 Å². The summed E-state index contributed by atoms with van der Waals surface area (Å²) in [5.41, 5.74) is 2.42. The third kappa shape index (κ3) is 3.44. The molecule has 0 bridgehead atoms. The Balaban J connectivity index is 1.79. The number of benzene rings is 1. The Morgan fingerprint density at radius 2 is 1.91 bits per heavy atom. The van der Waals surface area contributed by atoms with Crippen LogP contribution >= 0.6 is 0 Å². The van der Waals surface area contributed by atoms with Gasteiger partial charge in [0.25, 0.3) is 0 Å². The zero-order valence-corrected chi connectivity index (χ0v) is 14.0. The van der Waals surface area contributed by atoms with E-state index in [4.69, 9.17) is 14.2 Å². The first kappa shape index (κ1) is 16.1. The van der Waals surface area contributed by atoms with Gasteiger partial charge in [0.2, 0.25) is 5.91 Å². The van der Waals surface area contributed by atoms with Crippen molar-refractivity contribution in [2.75, 3.05) is 33.0 Å². The molecule has 1 unspecified atom stereocenters. The van der Waals surface area contributed by atoms with E-state index in [0.717, 1.165) is 36.4 Å². The van der Waals surface area contributed by atoms with Crippen molar-refractivity contribution in [3.8, 4) is 11.5 Å². The minimum atomic E-state index is 0.0330. The van der Waals surface area contributed by atoms with Gasteiger partial charge < -0.3 is 19.1 Å². The molecule has 1 fully saturated rings. The predicted octanol–water partition coefficient (Wildman–Crippen LogP) is 2.41. The molecule has 5 nitrogen and oxygen atoms in total. The number of hydrogen-bond donors (Lipinski definition) is 0. The molecule has 0 spiro atoms. The molecule has 1 saturated heterocycles. The number of carbonyl (C=O) groups excluding carboxylic acids is 1. The van der Waals surface area contributed by atoms with E-state index in [1.807, 2.05) is 24.8 Å². The van der Waals surface area contributed by atoms with Crippen molar-refractivity contribution in [2.45, 2.75) is 33.2 Å². The van der Waals surface area contributed by atoms with Crippen molar-refractivity contribution >= 4 is 5.91 Å². The fourth-order valence-electron chi connectivity index (χ4n) is 3.28. The highest BCUT2D eigenvalue weighted by Crippen LogP contribution is 2.34. The van der Waals surface area contributed by atoms with Crippen LogP contribution in [0.25, 0.3) is 0 Å². The summed E-state index contributed by atoms with van der Waals surface area (Å²) in [6.07, 6.45) is 1.71. The maximum Gasteiger partial charge on any atom is 0.228 e. The predicted molar refractivity (Wildman–Crippen MR) is 86.8 cm³/mol. The quantitative estimate of drug-likeness (QED) is 0.836. The largest absolute Gasteiger partial charge is 0.490 e. The average Bonchev–Trinajstić information content (AvgIpc) is 3.09. The molecule has 2 aliphatic heterocycles. The second kappa shape index (κ2) is 7.21. The zero-order chi connectivity index (χ0) is 16.2. The number of amides is 1. The number of nitrogens with zero attached hydrogens (tertiary/aromatic N) is 1. The summed E-state index contributed by atoms with van der Waals surface area (Å²) in [4.78, 5) is 14.5. The fourth-order valence-corrected chi connectivity index (χ4v) is 3.28. The molecular weight excluding hydrogens is 294 g/mol. The molecule has 3 rings (SSSR count). The number of rotatable bonds is 5. The lowest BCUT2D eigenvalue weighted by molar-refractivity contribution is -0.136. The summed E-state index contributed by atoms with van der Waals surface area (Å²) in [6, 6.07) is 4.11. The van der Waals surface area contributed by atoms with Gasteiger partial charge in [-0.2, -0.15) is 0 Å². The molecule has 126 valence electrons. The average molecular weight is 319 g/mol. The normalized spacial score (nSPS) is 20.3. The number of hydrogen-bond acceptors (Lipinski definition) is 4. The SMILES string of the molecule is CCOc1cc2c(cc1OCC)CN(C(=O)C1CCOC1)CC2. The van der Waals surface area contributed by atoms with Crippen LogP contribution in [0.4, 0.5) is 0 Å². The Hall–Kier alpha value is -1.75. The molecule has 1 amide bonds. The maximum absolute atomic E-state index is 12.6. The van der Waals surface area contributed by atoms with Crippen LogP contribution < -0.4 is 9.47 Å². The molecule has 1 atom stereocenters. The second-order valence-electron chi connectivity index (χ2n) is 6.00. The fraction of sp³-hybridized carbons (Fsp3) is 0.611. The summed E-state index contributed by atoms with van der Waals surface area (Å²) >= 11 is 0. The first-order chi connectivity index (χ1) is 11.2. The van der Waals surface area contributed by atoms with E-state index in [1.165, 1.54) is 5.56 Å². The summed E-state index contributed by atoms with van der Waals surface area (Å²) < 4.78 is 16.7. The standard InChI is InChI=1S/C18H25NO4/c1-3-22-16-9-13-5-7-19(18(20)14-6-8-21-12-14)11-15(13)10-17(16)23-4-2/h9-10,14H,3-8,11-12H2,1-2H3. The Morgan fingerprint density at radius 3 is 2.52 bits per heavy atom. The van der Waals surface area contributed by atoms with Gasteiger partial charge in [-0.25, -0.2) is 0 Å². The van der Waals surface area contributed by atoms with E-state index in [-0.39, 0.29) is 11.8 Å². The molecule has 0 radical (unpaired) electrons. The lowest BCUT2D eigenvalue weighted by atomic mass is 9.97. The van der Waals surface area contributed by atoms with Gasteiger partial charge in [-0.15, -0.1) is 0 Å². The van der Waals surface area contributed by atoms with E-state index < -0.39 is 0 Å². The van der Waals surface area contributed by atoms with Gasteiger partial charge in [-0.3, -0.25) is 4.79 Å². The summed E-state index contributed by atoms with van der Waals surface area (Å²) in [5.74, 6) is 1.83. The number of ether oxygens (including phenoxy) is 3. The van der Waals surface area contributed by atoms with Crippen molar-refractivity contribution in [3.63, 3.8) is 0 Å². The Kier molecular flexibility index (Phi) is 5.06. The van der Waals surface area contributed by atoms with Gasteiger partial charge in [-0.1, -0.05) is 0 Å². The Morgan fingerprint density at radius 1 is 1.22 bits per heavy atom. The van der Waals surface area contributed by atoms with E-state index in [2.05, 4.69) is 6.07 Å². The molecule has 2 aliphatic rings. The first-order valence-electron chi connectivity index (χ1n) is 8.50. The minimum Gasteiger partial charge on any atom is -0.490 e. The highest BCUT2D eigenvalue weighted by molar-refractivity contribution is 5.79. The molecule has 23 heavy (non-hydrogen) atoms. The Bertz CT molecular complexity index is 566. The van der Waals surface area contributed by atoms with Crippen molar-refractivity contribution in [1.29, 1.82) is 0 Å². The van der Waals surface area contributed by atoms with Crippen molar-refractivity contribution < 1.29 is 19.0 Å². The van der Waals surface area contributed by atoms with Crippen molar-refractivity contribution in [2.24, 2.45) is 5.92 Å². The van der Waals surface area contributed by atoms with Crippen LogP contribution in [-0.2, 0) is 22.5 Å². The summed E-state index contributed by atoms with van der Waals surface area (Å²) in [5, 5.41) is 0. The van der Waals surface area contributed by atoms with E-state index in [1.54, 1.807) is 0 Å². The third-order valence-electron chi connectivity index (χ3n) is 4.47. The molecule has 0 N–H and O–H groups in total. The smallest absolute Gasteiger partial charge is 0.228 e. The molecule has 0 aromatic heterocycles. The van der Waals surface area contributed by atoms with Crippen LogP contribution in [0.15, 0.2) is 12.1 Å². The van der Waals surface area contributed by atoms with Crippen LogP contribution in [0.5, 0.6) is 11.5 Å². The molecule has 5 heteroatoms. The molecule has 2 heterocycles. The zero-order valence-electron chi connectivity index (χ0n) is 14.0. The van der Waals surface area contributed by atoms with Crippen molar-refractivity contribution in [3.05, 3.63) is 23.3 Å². The maximum atomic E-state index is 12.6. The molecule has 0 aliphatic carbocycles. The Labute approximate surface area is 137 Å². The molecule has 1 aromatic carbocycles. The first-order valence-corrected chi connectivity index (χ1v) is 8.50. The summed E-state index contributed by atoms with van der Waals surface area (Å²) in [7, 11) is 0. The molecular formula is C18H25NO4.